The lowest BCUT2D eigenvalue weighted by Crippen LogP contribution is -2.54. The summed E-state index contributed by atoms with van der Waals surface area (Å²) in [6.45, 7) is 3.55. The maximum atomic E-state index is 13.4. The molecule has 4 heterocycles. The zero-order valence-electron chi connectivity index (χ0n) is 20.5. The highest BCUT2D eigenvalue weighted by molar-refractivity contribution is 7.07. The Morgan fingerprint density at radius 2 is 1.97 bits per heavy atom. The summed E-state index contributed by atoms with van der Waals surface area (Å²) in [5.74, 6) is 0.0400. The molecule has 1 N–H and O–H groups in total. The number of aromatic nitrogens is 1. The molecule has 3 aliphatic heterocycles. The molecule has 36 heavy (non-hydrogen) atoms. The Labute approximate surface area is 214 Å². The summed E-state index contributed by atoms with van der Waals surface area (Å²) in [7, 11) is 3.84. The van der Waals surface area contributed by atoms with Gasteiger partial charge in [0, 0.05) is 44.3 Å². The Kier molecular flexibility index (Phi) is 7.22. The van der Waals surface area contributed by atoms with E-state index in [1.807, 2.05) is 4.90 Å². The zero-order chi connectivity index (χ0) is 25.2. The fourth-order valence-electron chi connectivity index (χ4n) is 5.00. The van der Waals surface area contributed by atoms with Gasteiger partial charge in [0.1, 0.15) is 24.2 Å². The molecule has 0 spiro atoms. The van der Waals surface area contributed by atoms with E-state index in [1.54, 1.807) is 41.0 Å². The van der Waals surface area contributed by atoms with Gasteiger partial charge in [0.15, 0.2) is 0 Å². The largest absolute Gasteiger partial charge is 0.490 e. The molecule has 2 fully saturated rings. The minimum atomic E-state index is -0.332. The number of rotatable bonds is 4. The van der Waals surface area contributed by atoms with Crippen molar-refractivity contribution in [3.8, 4) is 5.75 Å². The number of nitrogens with one attached hydrogen (secondary N) is 1. The first-order valence-corrected chi connectivity index (χ1v) is 13.2. The van der Waals surface area contributed by atoms with E-state index in [0.717, 1.165) is 32.6 Å². The number of fused-ring (bicyclic) bond motifs is 2. The third-order valence-electron chi connectivity index (χ3n) is 7.19. The van der Waals surface area contributed by atoms with Crippen LogP contribution in [0.25, 0.3) is 0 Å². The SMILES string of the molecule is CN1CCN(C(=O)C[C@@H]2CC[C@@H]3[C@H](COc4ccc(NC(=O)c5cscn5)cc4C(=O)N3C)O2)CC1. The average Bonchev–Trinajstić information content (AvgIpc) is 3.42. The van der Waals surface area contributed by atoms with Gasteiger partial charge in [0.2, 0.25) is 5.91 Å². The van der Waals surface area contributed by atoms with Gasteiger partial charge < -0.3 is 29.5 Å². The van der Waals surface area contributed by atoms with E-state index < -0.39 is 0 Å². The van der Waals surface area contributed by atoms with Gasteiger partial charge in [-0.3, -0.25) is 14.4 Å². The van der Waals surface area contributed by atoms with Crippen LogP contribution in [-0.2, 0) is 9.53 Å². The van der Waals surface area contributed by atoms with Crippen molar-refractivity contribution in [1.29, 1.82) is 0 Å². The molecular formula is C25H31N5O5S. The van der Waals surface area contributed by atoms with E-state index in [9.17, 15) is 14.4 Å². The van der Waals surface area contributed by atoms with Crippen molar-refractivity contribution in [2.75, 3.05) is 52.2 Å². The quantitative estimate of drug-likeness (QED) is 0.666. The molecule has 0 bridgehead atoms. The topological polar surface area (TPSA) is 104 Å². The Balaban J connectivity index is 1.25. The number of carbonyl (C=O) groups excluding carboxylic acids is 3. The Morgan fingerprint density at radius 1 is 1.17 bits per heavy atom. The predicted molar refractivity (Wildman–Crippen MR) is 134 cm³/mol. The number of benzene rings is 1. The number of ether oxygens (including phenoxy) is 2. The number of anilines is 1. The molecule has 192 valence electrons. The summed E-state index contributed by atoms with van der Waals surface area (Å²) < 4.78 is 12.4. The van der Waals surface area contributed by atoms with Crippen LogP contribution in [0.15, 0.2) is 29.1 Å². The first kappa shape index (κ1) is 24.7. The molecule has 5 rings (SSSR count). The van der Waals surface area contributed by atoms with Crippen molar-refractivity contribution in [3.63, 3.8) is 0 Å². The minimum Gasteiger partial charge on any atom is -0.490 e. The number of carbonyl (C=O) groups is 3. The zero-order valence-corrected chi connectivity index (χ0v) is 21.3. The number of hydrogen-bond acceptors (Lipinski definition) is 8. The second kappa shape index (κ2) is 10.5. The summed E-state index contributed by atoms with van der Waals surface area (Å²) in [5.41, 5.74) is 2.81. The monoisotopic (exact) mass is 513 g/mol. The van der Waals surface area contributed by atoms with Crippen LogP contribution in [0.1, 0.15) is 40.1 Å². The van der Waals surface area contributed by atoms with Crippen LogP contribution < -0.4 is 10.1 Å². The summed E-state index contributed by atoms with van der Waals surface area (Å²) in [6, 6.07) is 4.87. The molecular weight excluding hydrogens is 482 g/mol. The van der Waals surface area contributed by atoms with Crippen molar-refractivity contribution < 1.29 is 23.9 Å². The third kappa shape index (κ3) is 5.23. The second-order valence-electron chi connectivity index (χ2n) is 9.60. The molecule has 3 atom stereocenters. The van der Waals surface area contributed by atoms with Crippen LogP contribution in [0.3, 0.4) is 0 Å². The highest BCUT2D eigenvalue weighted by Crippen LogP contribution is 2.32. The highest BCUT2D eigenvalue weighted by atomic mass is 32.1. The van der Waals surface area contributed by atoms with Crippen LogP contribution in [0.4, 0.5) is 5.69 Å². The molecule has 1 aromatic heterocycles. The molecule has 0 aliphatic carbocycles. The highest BCUT2D eigenvalue weighted by Gasteiger charge is 2.39. The normalized spacial score (nSPS) is 24.7. The summed E-state index contributed by atoms with van der Waals surface area (Å²) in [5, 5.41) is 4.46. The Morgan fingerprint density at radius 3 is 2.72 bits per heavy atom. The second-order valence-corrected chi connectivity index (χ2v) is 10.3. The molecule has 0 unspecified atom stereocenters. The van der Waals surface area contributed by atoms with Gasteiger partial charge >= 0.3 is 0 Å². The summed E-state index contributed by atoms with van der Waals surface area (Å²) >= 11 is 1.34. The molecule has 3 aliphatic rings. The first-order chi connectivity index (χ1) is 17.4. The average molecular weight is 514 g/mol. The van der Waals surface area contributed by atoms with E-state index in [1.165, 1.54) is 11.3 Å². The summed E-state index contributed by atoms with van der Waals surface area (Å²) in [4.78, 5) is 48.5. The molecule has 0 saturated carbocycles. The molecule has 3 amide bonds. The van der Waals surface area contributed by atoms with Gasteiger partial charge in [0.25, 0.3) is 11.8 Å². The van der Waals surface area contributed by atoms with Crippen molar-refractivity contribution >= 4 is 34.7 Å². The Bertz CT molecular complexity index is 1120. The first-order valence-electron chi connectivity index (χ1n) is 12.2. The van der Waals surface area contributed by atoms with Gasteiger partial charge in [-0.15, -0.1) is 11.3 Å². The van der Waals surface area contributed by atoms with Gasteiger partial charge in [-0.2, -0.15) is 0 Å². The van der Waals surface area contributed by atoms with Crippen LogP contribution in [0, 0.1) is 0 Å². The van der Waals surface area contributed by atoms with Crippen molar-refractivity contribution in [3.05, 3.63) is 40.3 Å². The maximum absolute atomic E-state index is 13.4. The lowest BCUT2D eigenvalue weighted by Gasteiger charge is -2.42. The smallest absolute Gasteiger partial charge is 0.275 e. The number of nitrogens with zero attached hydrogens (tertiary/aromatic N) is 4. The fourth-order valence-corrected chi connectivity index (χ4v) is 5.54. The molecule has 0 radical (unpaired) electrons. The van der Waals surface area contributed by atoms with Crippen LogP contribution in [-0.4, -0.2) is 103 Å². The maximum Gasteiger partial charge on any atom is 0.275 e. The van der Waals surface area contributed by atoms with Crippen molar-refractivity contribution in [2.24, 2.45) is 0 Å². The van der Waals surface area contributed by atoms with Crippen molar-refractivity contribution in [2.45, 2.75) is 37.5 Å². The van der Waals surface area contributed by atoms with E-state index >= 15 is 0 Å². The van der Waals surface area contributed by atoms with E-state index in [-0.39, 0.29) is 42.6 Å². The number of likely N-dealkylation sites (N-methyl/N-ethyl adjacent to an activating group) is 2. The molecule has 11 heteroatoms. The minimum absolute atomic E-state index is 0.125. The van der Waals surface area contributed by atoms with Gasteiger partial charge in [0.05, 0.1) is 29.6 Å². The fraction of sp³-hybridized carbons (Fsp3) is 0.520. The van der Waals surface area contributed by atoms with Gasteiger partial charge in [-0.05, 0) is 38.1 Å². The van der Waals surface area contributed by atoms with Crippen LogP contribution in [0.2, 0.25) is 0 Å². The summed E-state index contributed by atoms with van der Waals surface area (Å²) in [6.07, 6.45) is 1.27. The molecule has 10 nitrogen and oxygen atoms in total. The Hall–Kier alpha value is -3.02. The number of hydrogen-bond donors (Lipinski definition) is 1. The molecule has 2 aromatic rings. The lowest BCUT2D eigenvalue weighted by molar-refractivity contribution is -0.144. The molecule has 2 saturated heterocycles. The van der Waals surface area contributed by atoms with Crippen LogP contribution >= 0.6 is 11.3 Å². The number of amides is 3. The van der Waals surface area contributed by atoms with Crippen LogP contribution in [0.5, 0.6) is 5.75 Å². The number of piperazine rings is 1. The van der Waals surface area contributed by atoms with Gasteiger partial charge in [-0.25, -0.2) is 4.98 Å². The van der Waals surface area contributed by atoms with E-state index in [4.69, 9.17) is 9.47 Å². The van der Waals surface area contributed by atoms with Gasteiger partial charge in [-0.1, -0.05) is 0 Å². The lowest BCUT2D eigenvalue weighted by atomic mass is 9.94. The van der Waals surface area contributed by atoms with Crippen molar-refractivity contribution in [1.82, 2.24) is 19.7 Å². The van der Waals surface area contributed by atoms with E-state index in [2.05, 4.69) is 22.2 Å². The van der Waals surface area contributed by atoms with E-state index in [0.29, 0.717) is 35.5 Å². The standard InChI is InChI=1S/C25H31N5O5S/c1-28-7-9-30(10-8-28)23(31)12-17-4-5-20-22(35-17)13-34-21-6-3-16(11-18(21)25(33)29(20)2)27-24(32)19-14-36-15-26-19/h3,6,11,14-15,17,20,22H,4-5,7-10,12-13H2,1-2H3,(H,27,32)/t17-,20+,22-/m0/s1. The number of thiazole rings is 1. The predicted octanol–water partition coefficient (Wildman–Crippen LogP) is 1.94. The molecule has 1 aromatic carbocycles. The third-order valence-corrected chi connectivity index (χ3v) is 7.78.